The summed E-state index contributed by atoms with van der Waals surface area (Å²) in [6, 6.07) is 0.270. The molecule has 7 nitrogen and oxygen atoms in total. The maximum absolute atomic E-state index is 11.6. The third kappa shape index (κ3) is 6.09. The van der Waals surface area contributed by atoms with E-state index in [1.807, 2.05) is 6.92 Å². The Bertz CT molecular complexity index is 443. The second-order valence-corrected chi connectivity index (χ2v) is 5.81. The number of nitrogens with two attached hydrogens (primary N) is 1. The highest BCUT2D eigenvalue weighted by Gasteiger charge is 2.23. The lowest BCUT2D eigenvalue weighted by Crippen LogP contribution is -2.48. The van der Waals surface area contributed by atoms with Crippen molar-refractivity contribution in [1.82, 2.24) is 10.2 Å². The van der Waals surface area contributed by atoms with E-state index in [-0.39, 0.29) is 12.1 Å². The molecule has 23 heavy (non-hydrogen) atoms. The lowest BCUT2D eigenvalue weighted by Gasteiger charge is -2.31. The van der Waals surface area contributed by atoms with Gasteiger partial charge in [-0.05, 0) is 32.6 Å². The number of ether oxygens (including phenoxy) is 2. The molecule has 2 aliphatic rings. The van der Waals surface area contributed by atoms with E-state index >= 15 is 0 Å². The zero-order chi connectivity index (χ0) is 16.5. The van der Waals surface area contributed by atoms with E-state index in [0.29, 0.717) is 38.8 Å². The largest absolute Gasteiger partial charge is 0.450 e. The smallest absolute Gasteiger partial charge is 0.409 e. The molecule has 0 radical (unpaired) electrons. The molecule has 2 rings (SSSR count). The van der Waals surface area contributed by atoms with Crippen molar-refractivity contribution in [3.8, 4) is 0 Å². The topological polar surface area (TPSA) is 89.2 Å². The third-order valence-electron chi connectivity index (χ3n) is 4.15. The van der Waals surface area contributed by atoms with E-state index in [9.17, 15) is 4.79 Å². The number of hydrogen-bond donors (Lipinski definition) is 2. The van der Waals surface area contributed by atoms with Crippen molar-refractivity contribution in [3.63, 3.8) is 0 Å². The van der Waals surface area contributed by atoms with Crippen LogP contribution in [0, 0.1) is 0 Å². The molecule has 3 N–H and O–H groups in total. The number of piperidine rings is 1. The normalized spacial score (nSPS) is 20.1. The second-order valence-electron chi connectivity index (χ2n) is 5.81. The maximum Gasteiger partial charge on any atom is 0.409 e. The molecule has 1 fully saturated rings. The Hall–Kier alpha value is -1.76. The van der Waals surface area contributed by atoms with Gasteiger partial charge in [-0.3, -0.25) is 4.99 Å². The Labute approximate surface area is 137 Å². The highest BCUT2D eigenvalue weighted by molar-refractivity contribution is 5.78. The maximum atomic E-state index is 11.6. The summed E-state index contributed by atoms with van der Waals surface area (Å²) in [4.78, 5) is 17.8. The fourth-order valence-electron chi connectivity index (χ4n) is 2.79. The van der Waals surface area contributed by atoms with Gasteiger partial charge in [0.1, 0.15) is 0 Å². The monoisotopic (exact) mass is 324 g/mol. The molecule has 0 saturated carbocycles. The molecule has 2 aliphatic heterocycles. The number of guanidine groups is 1. The number of nitrogens with one attached hydrogen (secondary N) is 1. The summed E-state index contributed by atoms with van der Waals surface area (Å²) in [6.07, 6.45) is 5.56. The first-order chi connectivity index (χ1) is 11.2. The third-order valence-corrected chi connectivity index (χ3v) is 4.15. The molecule has 0 atom stereocenters. The Morgan fingerprint density at radius 1 is 1.52 bits per heavy atom. The first kappa shape index (κ1) is 17.6. The van der Waals surface area contributed by atoms with Gasteiger partial charge in [0.2, 0.25) is 0 Å². The molecule has 2 heterocycles. The molecule has 0 bridgehead atoms. The summed E-state index contributed by atoms with van der Waals surface area (Å²) in [5.41, 5.74) is 7.35. The minimum absolute atomic E-state index is 0.225. The van der Waals surface area contributed by atoms with Crippen LogP contribution >= 0.6 is 0 Å². The number of likely N-dealkylation sites (tertiary alicyclic amines) is 1. The van der Waals surface area contributed by atoms with Gasteiger partial charge < -0.3 is 25.4 Å². The second kappa shape index (κ2) is 9.39. The van der Waals surface area contributed by atoms with E-state index in [0.717, 1.165) is 32.3 Å². The van der Waals surface area contributed by atoms with Crippen LogP contribution in [-0.2, 0) is 9.47 Å². The van der Waals surface area contributed by atoms with Gasteiger partial charge in [0, 0.05) is 25.7 Å². The van der Waals surface area contributed by atoms with Crippen LogP contribution in [0.3, 0.4) is 0 Å². The predicted octanol–water partition coefficient (Wildman–Crippen LogP) is 1.25. The molecule has 130 valence electrons. The zero-order valence-corrected chi connectivity index (χ0v) is 13.9. The Morgan fingerprint density at radius 2 is 2.30 bits per heavy atom. The van der Waals surface area contributed by atoms with Gasteiger partial charge in [-0.2, -0.15) is 0 Å². The summed E-state index contributed by atoms with van der Waals surface area (Å²) < 4.78 is 10.3. The van der Waals surface area contributed by atoms with Crippen LogP contribution in [0.1, 0.15) is 32.6 Å². The first-order valence-corrected chi connectivity index (χ1v) is 8.43. The number of hydrogen-bond acceptors (Lipinski definition) is 4. The fraction of sp³-hybridized carbons (Fsp3) is 0.750. The number of carbonyl (C=O) groups excluding carboxylic acids is 1. The summed E-state index contributed by atoms with van der Waals surface area (Å²) >= 11 is 0. The number of carbonyl (C=O) groups is 1. The van der Waals surface area contributed by atoms with Gasteiger partial charge in [0.25, 0.3) is 0 Å². The molecule has 1 saturated heterocycles. The van der Waals surface area contributed by atoms with Crippen LogP contribution in [-0.4, -0.2) is 62.4 Å². The van der Waals surface area contributed by atoms with E-state index < -0.39 is 0 Å². The van der Waals surface area contributed by atoms with Gasteiger partial charge >= 0.3 is 6.09 Å². The van der Waals surface area contributed by atoms with E-state index in [4.69, 9.17) is 15.2 Å². The minimum Gasteiger partial charge on any atom is -0.450 e. The number of amides is 1. The van der Waals surface area contributed by atoms with Crippen molar-refractivity contribution in [3.05, 3.63) is 11.6 Å². The molecule has 7 heteroatoms. The van der Waals surface area contributed by atoms with Crippen molar-refractivity contribution in [1.29, 1.82) is 0 Å². The van der Waals surface area contributed by atoms with Crippen molar-refractivity contribution >= 4 is 12.1 Å². The Balaban J connectivity index is 1.65. The van der Waals surface area contributed by atoms with Crippen LogP contribution in [0.2, 0.25) is 0 Å². The van der Waals surface area contributed by atoms with Gasteiger partial charge in [0.05, 0.1) is 19.8 Å². The minimum atomic E-state index is -0.225. The molecular formula is C16H28N4O3. The van der Waals surface area contributed by atoms with Crippen LogP contribution in [0.15, 0.2) is 16.6 Å². The average Bonchev–Trinajstić information content (AvgIpc) is 2.57. The van der Waals surface area contributed by atoms with Crippen LogP contribution in [0.4, 0.5) is 4.79 Å². The number of rotatable bonds is 5. The standard InChI is InChI=1S/C16H28N4O3/c1-2-23-16(21)20-9-4-14(5-10-20)19-15(17)18-8-3-13-6-11-22-12-7-13/h6,14H,2-5,7-12H2,1H3,(H3,17,18,19). The molecule has 1 amide bonds. The SMILES string of the molecule is CCOC(=O)N1CCC(NC(N)=NCCC2=CCOCC2)CC1. The van der Waals surface area contributed by atoms with Crippen molar-refractivity contribution in [2.75, 3.05) is 39.5 Å². The van der Waals surface area contributed by atoms with E-state index in [1.165, 1.54) is 5.57 Å². The van der Waals surface area contributed by atoms with Gasteiger partial charge in [-0.1, -0.05) is 11.6 Å². The van der Waals surface area contributed by atoms with Crippen molar-refractivity contribution in [2.24, 2.45) is 10.7 Å². The molecule has 0 aromatic carbocycles. The van der Waals surface area contributed by atoms with Crippen LogP contribution < -0.4 is 11.1 Å². The molecule has 0 unspecified atom stereocenters. The molecular weight excluding hydrogens is 296 g/mol. The lowest BCUT2D eigenvalue weighted by atomic mass is 10.1. The summed E-state index contributed by atoms with van der Waals surface area (Å²) in [7, 11) is 0. The first-order valence-electron chi connectivity index (χ1n) is 8.43. The number of nitrogens with zero attached hydrogens (tertiary/aromatic N) is 2. The molecule has 0 aliphatic carbocycles. The summed E-state index contributed by atoms with van der Waals surface area (Å²) in [5.74, 6) is 0.493. The van der Waals surface area contributed by atoms with Gasteiger partial charge in [-0.25, -0.2) is 4.79 Å². The lowest BCUT2D eigenvalue weighted by molar-refractivity contribution is 0.0963. The molecule has 0 aromatic rings. The Morgan fingerprint density at radius 3 is 2.96 bits per heavy atom. The Kier molecular flexibility index (Phi) is 7.19. The fourth-order valence-corrected chi connectivity index (χ4v) is 2.79. The van der Waals surface area contributed by atoms with Crippen LogP contribution in [0.5, 0.6) is 0 Å². The molecule has 0 aromatic heterocycles. The van der Waals surface area contributed by atoms with Crippen LogP contribution in [0.25, 0.3) is 0 Å². The highest BCUT2D eigenvalue weighted by Crippen LogP contribution is 2.12. The predicted molar refractivity (Wildman–Crippen MR) is 89.4 cm³/mol. The number of aliphatic imine (C=N–C) groups is 1. The quantitative estimate of drug-likeness (QED) is 0.451. The highest BCUT2D eigenvalue weighted by atomic mass is 16.6. The van der Waals surface area contributed by atoms with Gasteiger partial charge in [-0.15, -0.1) is 0 Å². The zero-order valence-electron chi connectivity index (χ0n) is 13.9. The summed E-state index contributed by atoms with van der Waals surface area (Å²) in [5, 5.41) is 3.25. The molecule has 0 spiro atoms. The van der Waals surface area contributed by atoms with Gasteiger partial charge in [0.15, 0.2) is 5.96 Å². The average molecular weight is 324 g/mol. The van der Waals surface area contributed by atoms with Crippen molar-refractivity contribution < 1.29 is 14.3 Å². The van der Waals surface area contributed by atoms with Crippen molar-refractivity contribution in [2.45, 2.75) is 38.6 Å². The van der Waals surface area contributed by atoms with E-state index in [1.54, 1.807) is 4.90 Å². The van der Waals surface area contributed by atoms with E-state index in [2.05, 4.69) is 16.4 Å². The summed E-state index contributed by atoms with van der Waals surface area (Å²) in [6.45, 7) is 5.84.